The number of anilines is 1. The molecule has 0 saturated heterocycles. The minimum absolute atomic E-state index is 0.752. The second-order valence-electron chi connectivity index (χ2n) is 3.12. The second-order valence-corrected chi connectivity index (χ2v) is 3.55. The summed E-state index contributed by atoms with van der Waals surface area (Å²) in [5.74, 6) is 1.03. The quantitative estimate of drug-likeness (QED) is 0.796. The van der Waals surface area contributed by atoms with Crippen molar-refractivity contribution < 1.29 is 0 Å². The fourth-order valence-electron chi connectivity index (χ4n) is 1.32. The Bertz CT molecular complexity index is 332. The van der Waals surface area contributed by atoms with E-state index in [2.05, 4.69) is 15.6 Å². The molecule has 3 nitrogen and oxygen atoms in total. The van der Waals surface area contributed by atoms with E-state index in [1.54, 1.807) is 0 Å². The highest BCUT2D eigenvalue weighted by Crippen LogP contribution is 2.12. The molecule has 0 aliphatic carbocycles. The van der Waals surface area contributed by atoms with E-state index in [4.69, 9.17) is 11.6 Å². The number of amidine groups is 1. The fraction of sp³-hybridized carbons (Fsp3) is 0.300. The maximum absolute atomic E-state index is 5.78. The molecule has 1 heterocycles. The minimum atomic E-state index is 0.752. The normalized spacial score (nSPS) is 14.8. The van der Waals surface area contributed by atoms with Gasteiger partial charge in [0.05, 0.1) is 13.1 Å². The summed E-state index contributed by atoms with van der Waals surface area (Å²) in [5, 5.41) is 7.22. The number of hydrogen-bond acceptors (Lipinski definition) is 3. The van der Waals surface area contributed by atoms with Crippen molar-refractivity contribution in [2.24, 2.45) is 4.99 Å². The van der Waals surface area contributed by atoms with Gasteiger partial charge in [0.25, 0.3) is 0 Å². The summed E-state index contributed by atoms with van der Waals surface area (Å²) >= 11 is 5.78. The lowest BCUT2D eigenvalue weighted by molar-refractivity contribution is 0.956. The summed E-state index contributed by atoms with van der Waals surface area (Å²) in [6, 6.07) is 7.65. The highest BCUT2D eigenvalue weighted by molar-refractivity contribution is 6.30. The molecule has 0 unspecified atom stereocenters. The summed E-state index contributed by atoms with van der Waals surface area (Å²) in [6.45, 7) is 2.59. The van der Waals surface area contributed by atoms with Crippen LogP contribution in [0, 0.1) is 0 Å². The van der Waals surface area contributed by atoms with E-state index < -0.39 is 0 Å². The Morgan fingerprint density at radius 2 is 2.14 bits per heavy atom. The molecular weight excluding hydrogens is 198 g/mol. The molecule has 0 aromatic heterocycles. The molecule has 14 heavy (non-hydrogen) atoms. The third-order valence-electron chi connectivity index (χ3n) is 2.05. The number of hydrogen-bond donors (Lipinski definition) is 2. The van der Waals surface area contributed by atoms with Gasteiger partial charge in [-0.05, 0) is 24.3 Å². The van der Waals surface area contributed by atoms with Crippen LogP contribution in [-0.4, -0.2) is 25.5 Å². The Kier molecular flexibility index (Phi) is 2.89. The maximum atomic E-state index is 5.78. The molecule has 1 aromatic carbocycles. The monoisotopic (exact) mass is 209 g/mol. The lowest BCUT2D eigenvalue weighted by Crippen LogP contribution is -2.25. The molecule has 0 radical (unpaired) electrons. The lowest BCUT2D eigenvalue weighted by Gasteiger charge is -2.06. The van der Waals surface area contributed by atoms with Crippen molar-refractivity contribution in [1.29, 1.82) is 0 Å². The molecule has 2 N–H and O–H groups in total. The van der Waals surface area contributed by atoms with Gasteiger partial charge in [0.1, 0.15) is 5.84 Å². The first-order valence-corrected chi connectivity index (χ1v) is 4.99. The van der Waals surface area contributed by atoms with E-state index in [1.165, 1.54) is 0 Å². The van der Waals surface area contributed by atoms with Crippen LogP contribution >= 0.6 is 11.6 Å². The van der Waals surface area contributed by atoms with Crippen LogP contribution in [0.25, 0.3) is 0 Å². The van der Waals surface area contributed by atoms with Gasteiger partial charge in [-0.2, -0.15) is 0 Å². The first-order valence-electron chi connectivity index (χ1n) is 4.61. The molecule has 0 bridgehead atoms. The fourth-order valence-corrected chi connectivity index (χ4v) is 1.44. The summed E-state index contributed by atoms with van der Waals surface area (Å²) in [4.78, 5) is 4.29. The van der Waals surface area contributed by atoms with Gasteiger partial charge in [-0.3, -0.25) is 4.99 Å². The summed E-state index contributed by atoms with van der Waals surface area (Å²) in [7, 11) is 0. The number of halogens is 1. The molecule has 1 aromatic rings. The average Bonchev–Trinajstić information content (AvgIpc) is 2.70. The molecule has 0 amide bonds. The smallest absolute Gasteiger partial charge is 0.116 e. The molecule has 0 fully saturated rings. The van der Waals surface area contributed by atoms with E-state index in [9.17, 15) is 0 Å². The van der Waals surface area contributed by atoms with Crippen molar-refractivity contribution in [3.8, 4) is 0 Å². The van der Waals surface area contributed by atoms with Crippen LogP contribution in [-0.2, 0) is 0 Å². The van der Waals surface area contributed by atoms with E-state index in [0.717, 1.165) is 36.2 Å². The highest BCUT2D eigenvalue weighted by Gasteiger charge is 2.03. The van der Waals surface area contributed by atoms with E-state index in [0.29, 0.717) is 0 Å². The van der Waals surface area contributed by atoms with Gasteiger partial charge in [0.15, 0.2) is 0 Å². The summed E-state index contributed by atoms with van der Waals surface area (Å²) in [6.07, 6.45) is 0. The average molecular weight is 210 g/mol. The topological polar surface area (TPSA) is 36.4 Å². The highest BCUT2D eigenvalue weighted by atomic mass is 35.5. The number of nitrogens with one attached hydrogen (secondary N) is 2. The SMILES string of the molecule is Clc1ccc(NCC2=NCCN2)cc1. The maximum Gasteiger partial charge on any atom is 0.116 e. The van der Waals surface area contributed by atoms with Gasteiger partial charge in [0, 0.05) is 17.3 Å². The lowest BCUT2D eigenvalue weighted by atomic mass is 10.3. The number of rotatable bonds is 3. The predicted octanol–water partition coefficient (Wildman–Crippen LogP) is 1.75. The molecule has 1 aliphatic heterocycles. The van der Waals surface area contributed by atoms with Crippen molar-refractivity contribution in [1.82, 2.24) is 5.32 Å². The van der Waals surface area contributed by atoms with Crippen molar-refractivity contribution in [3.05, 3.63) is 29.3 Å². The van der Waals surface area contributed by atoms with Gasteiger partial charge >= 0.3 is 0 Å². The van der Waals surface area contributed by atoms with Gasteiger partial charge in [-0.1, -0.05) is 11.6 Å². The van der Waals surface area contributed by atoms with Crippen LogP contribution in [0.3, 0.4) is 0 Å². The third-order valence-corrected chi connectivity index (χ3v) is 2.30. The Balaban J connectivity index is 1.88. The van der Waals surface area contributed by atoms with E-state index >= 15 is 0 Å². The third kappa shape index (κ3) is 2.39. The molecule has 74 valence electrons. The van der Waals surface area contributed by atoms with Gasteiger partial charge in [-0.15, -0.1) is 0 Å². The van der Waals surface area contributed by atoms with Crippen molar-refractivity contribution in [2.75, 3.05) is 25.0 Å². The Morgan fingerprint density at radius 1 is 1.36 bits per heavy atom. The first-order chi connectivity index (χ1) is 6.84. The van der Waals surface area contributed by atoms with Gasteiger partial charge in [-0.25, -0.2) is 0 Å². The molecule has 1 aliphatic rings. The zero-order valence-electron chi connectivity index (χ0n) is 7.76. The Hall–Kier alpha value is -1.22. The molecule has 0 saturated carbocycles. The number of aliphatic imine (C=N–C) groups is 1. The molecular formula is C10H12ClN3. The molecule has 0 atom stereocenters. The van der Waals surface area contributed by atoms with Crippen LogP contribution in [0.2, 0.25) is 5.02 Å². The Labute approximate surface area is 88.2 Å². The van der Waals surface area contributed by atoms with Crippen LogP contribution < -0.4 is 10.6 Å². The van der Waals surface area contributed by atoms with Crippen molar-refractivity contribution in [2.45, 2.75) is 0 Å². The van der Waals surface area contributed by atoms with Crippen molar-refractivity contribution in [3.63, 3.8) is 0 Å². The van der Waals surface area contributed by atoms with Gasteiger partial charge < -0.3 is 10.6 Å². The molecule has 4 heteroatoms. The zero-order valence-corrected chi connectivity index (χ0v) is 8.51. The van der Waals surface area contributed by atoms with Crippen LogP contribution in [0.4, 0.5) is 5.69 Å². The molecule has 2 rings (SSSR count). The van der Waals surface area contributed by atoms with Gasteiger partial charge in [0.2, 0.25) is 0 Å². The van der Waals surface area contributed by atoms with E-state index in [1.807, 2.05) is 24.3 Å². The zero-order chi connectivity index (χ0) is 9.80. The molecule has 0 spiro atoms. The van der Waals surface area contributed by atoms with Crippen LogP contribution in [0.1, 0.15) is 0 Å². The number of benzene rings is 1. The van der Waals surface area contributed by atoms with E-state index in [-0.39, 0.29) is 0 Å². The first kappa shape index (κ1) is 9.34. The Morgan fingerprint density at radius 3 is 2.79 bits per heavy atom. The minimum Gasteiger partial charge on any atom is -0.378 e. The largest absolute Gasteiger partial charge is 0.378 e. The van der Waals surface area contributed by atoms with Crippen LogP contribution in [0.15, 0.2) is 29.3 Å². The summed E-state index contributed by atoms with van der Waals surface area (Å²) in [5.41, 5.74) is 1.06. The van der Waals surface area contributed by atoms with Crippen molar-refractivity contribution >= 4 is 23.1 Å². The summed E-state index contributed by atoms with van der Waals surface area (Å²) < 4.78 is 0. The predicted molar refractivity (Wildman–Crippen MR) is 60.2 cm³/mol. The standard InChI is InChI=1S/C10H12ClN3/c11-8-1-3-9(4-2-8)14-7-10-12-5-6-13-10/h1-4,14H,5-7H2,(H,12,13). The van der Waals surface area contributed by atoms with Crippen LogP contribution in [0.5, 0.6) is 0 Å². The second kappa shape index (κ2) is 4.33. The number of nitrogens with zero attached hydrogens (tertiary/aromatic N) is 1.